The Morgan fingerprint density at radius 3 is 2.33 bits per heavy atom. The molecule has 1 saturated carbocycles. The van der Waals surface area contributed by atoms with E-state index in [-0.39, 0.29) is 30.8 Å². The van der Waals surface area contributed by atoms with E-state index in [1.807, 2.05) is 0 Å². The normalized spacial score (nSPS) is 15.1. The van der Waals surface area contributed by atoms with Gasteiger partial charge in [0.2, 0.25) is 11.8 Å². The van der Waals surface area contributed by atoms with Gasteiger partial charge in [0.15, 0.2) is 0 Å². The Bertz CT molecular complexity index is 295. The van der Waals surface area contributed by atoms with Crippen molar-refractivity contribution in [2.75, 3.05) is 26.2 Å². The largest absolute Gasteiger partial charge is 0.353 e. The number of hydrogen-bond donors (Lipinski definition) is 3. The summed E-state index contributed by atoms with van der Waals surface area (Å²) in [5, 5.41) is 8.70. The zero-order chi connectivity index (χ0) is 14.6. The summed E-state index contributed by atoms with van der Waals surface area (Å²) >= 11 is 0. The average molecular weight is 320 g/mol. The van der Waals surface area contributed by atoms with Crippen LogP contribution in [0.5, 0.6) is 0 Å². The lowest BCUT2D eigenvalue weighted by atomic mass is 9.87. The Kier molecular flexibility index (Phi) is 12.4. The van der Waals surface area contributed by atoms with Crippen molar-refractivity contribution < 1.29 is 9.59 Å². The van der Waals surface area contributed by atoms with E-state index in [1.54, 1.807) is 0 Å². The molecule has 1 aliphatic carbocycles. The number of rotatable bonds is 9. The third kappa shape index (κ3) is 10.5. The molecular weight excluding hydrogens is 290 g/mol. The predicted octanol–water partition coefficient (Wildman–Crippen LogP) is 1.61. The summed E-state index contributed by atoms with van der Waals surface area (Å²) < 4.78 is 0. The lowest BCUT2D eigenvalue weighted by molar-refractivity contribution is -0.126. The quantitative estimate of drug-likeness (QED) is 0.565. The van der Waals surface area contributed by atoms with E-state index in [9.17, 15) is 9.59 Å². The first-order valence-electron chi connectivity index (χ1n) is 7.96. The summed E-state index contributed by atoms with van der Waals surface area (Å²) in [6.45, 7) is 4.55. The number of hydrogen-bond acceptors (Lipinski definition) is 3. The van der Waals surface area contributed by atoms with E-state index in [1.165, 1.54) is 19.3 Å². The first-order valence-corrected chi connectivity index (χ1v) is 7.96. The number of halogens is 1. The molecule has 5 nitrogen and oxygen atoms in total. The van der Waals surface area contributed by atoms with Crippen molar-refractivity contribution >= 4 is 24.2 Å². The molecule has 0 aromatic heterocycles. The van der Waals surface area contributed by atoms with Crippen LogP contribution in [0.1, 0.15) is 51.9 Å². The molecule has 0 aliphatic heterocycles. The lowest BCUT2D eigenvalue weighted by Crippen LogP contribution is -2.40. The van der Waals surface area contributed by atoms with Crippen LogP contribution in [0.2, 0.25) is 0 Å². The summed E-state index contributed by atoms with van der Waals surface area (Å²) in [5.41, 5.74) is 0. The molecule has 0 aromatic carbocycles. The maximum Gasteiger partial charge on any atom is 0.239 e. The number of carbonyl (C=O) groups is 2. The van der Waals surface area contributed by atoms with Gasteiger partial charge < -0.3 is 16.0 Å². The second-order valence-electron chi connectivity index (χ2n) is 5.58. The van der Waals surface area contributed by atoms with Gasteiger partial charge in [0.1, 0.15) is 0 Å². The molecule has 0 radical (unpaired) electrons. The summed E-state index contributed by atoms with van der Waals surface area (Å²) in [5.74, 6) is 0.418. The molecule has 2 amide bonds. The first kappa shape index (κ1) is 20.2. The molecule has 0 bridgehead atoms. The maximum absolute atomic E-state index is 11.7. The van der Waals surface area contributed by atoms with E-state index in [0.29, 0.717) is 18.9 Å². The van der Waals surface area contributed by atoms with Crippen LogP contribution in [-0.2, 0) is 9.59 Å². The molecule has 1 fully saturated rings. The van der Waals surface area contributed by atoms with E-state index in [2.05, 4.69) is 22.9 Å². The van der Waals surface area contributed by atoms with Crippen LogP contribution in [0, 0.1) is 5.92 Å². The number of carbonyl (C=O) groups excluding carboxylic acids is 2. The molecule has 124 valence electrons. The molecule has 21 heavy (non-hydrogen) atoms. The van der Waals surface area contributed by atoms with Gasteiger partial charge in [-0.15, -0.1) is 12.4 Å². The molecule has 1 rings (SSSR count). The van der Waals surface area contributed by atoms with Gasteiger partial charge in [-0.25, -0.2) is 0 Å². The first-order chi connectivity index (χ1) is 9.72. The van der Waals surface area contributed by atoms with Crippen LogP contribution in [0.25, 0.3) is 0 Å². The zero-order valence-corrected chi connectivity index (χ0v) is 13.9. The maximum atomic E-state index is 11.7. The molecule has 3 N–H and O–H groups in total. The summed E-state index contributed by atoms with van der Waals surface area (Å²) in [6.07, 6.45) is 7.75. The van der Waals surface area contributed by atoms with Gasteiger partial charge in [-0.05, 0) is 31.7 Å². The van der Waals surface area contributed by atoms with Gasteiger partial charge in [-0.1, -0.05) is 26.2 Å². The van der Waals surface area contributed by atoms with Gasteiger partial charge in [0, 0.05) is 19.5 Å². The van der Waals surface area contributed by atoms with Gasteiger partial charge >= 0.3 is 0 Å². The highest BCUT2D eigenvalue weighted by atomic mass is 35.5. The Balaban J connectivity index is 0.00000400. The third-order valence-corrected chi connectivity index (χ3v) is 3.70. The second-order valence-corrected chi connectivity index (χ2v) is 5.58. The standard InChI is InChI=1S/C15H29N3O2.ClH/c1-2-8-16-9-10-17-15(20)12-18-14(19)11-13-6-4-3-5-7-13;/h13,16H,2-12H2,1H3,(H,17,20)(H,18,19);1H. The van der Waals surface area contributed by atoms with Crippen LogP contribution < -0.4 is 16.0 Å². The van der Waals surface area contributed by atoms with E-state index >= 15 is 0 Å². The molecule has 1 aliphatic rings. The van der Waals surface area contributed by atoms with Crippen molar-refractivity contribution in [1.82, 2.24) is 16.0 Å². The van der Waals surface area contributed by atoms with Crippen molar-refractivity contribution in [1.29, 1.82) is 0 Å². The fourth-order valence-electron chi connectivity index (χ4n) is 2.56. The Morgan fingerprint density at radius 2 is 1.67 bits per heavy atom. The SMILES string of the molecule is CCCNCCNC(=O)CNC(=O)CC1CCCCC1.Cl. The van der Waals surface area contributed by atoms with Crippen LogP contribution in [-0.4, -0.2) is 38.0 Å². The summed E-state index contributed by atoms with van der Waals surface area (Å²) in [6, 6.07) is 0. The highest BCUT2D eigenvalue weighted by molar-refractivity contribution is 5.85. The second kappa shape index (κ2) is 12.9. The van der Waals surface area contributed by atoms with Crippen molar-refractivity contribution in [3.05, 3.63) is 0 Å². The fraction of sp³-hybridized carbons (Fsp3) is 0.867. The number of amides is 2. The van der Waals surface area contributed by atoms with E-state index in [4.69, 9.17) is 0 Å². The molecule has 0 spiro atoms. The Hall–Kier alpha value is -0.810. The Morgan fingerprint density at radius 1 is 0.952 bits per heavy atom. The monoisotopic (exact) mass is 319 g/mol. The van der Waals surface area contributed by atoms with Crippen LogP contribution in [0.15, 0.2) is 0 Å². The molecule has 0 heterocycles. The third-order valence-electron chi connectivity index (χ3n) is 3.70. The molecule has 0 aromatic rings. The summed E-state index contributed by atoms with van der Waals surface area (Å²) in [7, 11) is 0. The van der Waals surface area contributed by atoms with E-state index < -0.39 is 0 Å². The van der Waals surface area contributed by atoms with Crippen molar-refractivity contribution in [3.63, 3.8) is 0 Å². The van der Waals surface area contributed by atoms with E-state index in [0.717, 1.165) is 32.4 Å². The minimum atomic E-state index is -0.111. The van der Waals surface area contributed by atoms with Crippen LogP contribution >= 0.6 is 12.4 Å². The molecular formula is C15H30ClN3O2. The van der Waals surface area contributed by atoms with Gasteiger partial charge in [-0.3, -0.25) is 9.59 Å². The Labute approximate surface area is 134 Å². The fourth-order valence-corrected chi connectivity index (χ4v) is 2.56. The predicted molar refractivity (Wildman–Crippen MR) is 87.6 cm³/mol. The topological polar surface area (TPSA) is 70.2 Å². The smallest absolute Gasteiger partial charge is 0.239 e. The molecule has 0 atom stereocenters. The minimum Gasteiger partial charge on any atom is -0.353 e. The van der Waals surface area contributed by atoms with Gasteiger partial charge in [0.25, 0.3) is 0 Å². The van der Waals surface area contributed by atoms with Crippen molar-refractivity contribution in [2.45, 2.75) is 51.9 Å². The van der Waals surface area contributed by atoms with Crippen molar-refractivity contribution in [2.24, 2.45) is 5.92 Å². The lowest BCUT2D eigenvalue weighted by Gasteiger charge is -2.20. The molecule has 0 unspecified atom stereocenters. The van der Waals surface area contributed by atoms with Gasteiger partial charge in [-0.2, -0.15) is 0 Å². The average Bonchev–Trinajstić information content (AvgIpc) is 2.46. The highest BCUT2D eigenvalue weighted by Crippen LogP contribution is 2.25. The van der Waals surface area contributed by atoms with Crippen LogP contribution in [0.4, 0.5) is 0 Å². The molecule has 0 saturated heterocycles. The molecule has 6 heteroatoms. The van der Waals surface area contributed by atoms with Crippen molar-refractivity contribution in [3.8, 4) is 0 Å². The van der Waals surface area contributed by atoms with Crippen LogP contribution in [0.3, 0.4) is 0 Å². The highest BCUT2D eigenvalue weighted by Gasteiger charge is 2.17. The van der Waals surface area contributed by atoms with Gasteiger partial charge in [0.05, 0.1) is 6.54 Å². The summed E-state index contributed by atoms with van der Waals surface area (Å²) in [4.78, 5) is 23.2. The minimum absolute atomic E-state index is 0. The number of nitrogens with one attached hydrogen (secondary N) is 3. The zero-order valence-electron chi connectivity index (χ0n) is 13.1.